The SMILES string of the molecule is Cc1ccc(-c2nc(COC3CCCC(C(=O)N[C@H](C(=O)O)C(C)C)C3)c(C3CCCCC3)o2)cc1. The third-order valence-corrected chi connectivity index (χ3v) is 7.69. The highest BCUT2D eigenvalue weighted by atomic mass is 16.5. The molecule has 2 aliphatic rings. The van der Waals surface area contributed by atoms with Gasteiger partial charge < -0.3 is 19.6 Å². The third kappa shape index (κ3) is 6.55. The van der Waals surface area contributed by atoms with E-state index in [0.29, 0.717) is 24.8 Å². The summed E-state index contributed by atoms with van der Waals surface area (Å²) in [5.41, 5.74) is 3.03. The van der Waals surface area contributed by atoms with E-state index in [1.807, 2.05) is 12.1 Å². The lowest BCUT2D eigenvalue weighted by molar-refractivity contribution is -0.144. The smallest absolute Gasteiger partial charge is 0.326 e. The summed E-state index contributed by atoms with van der Waals surface area (Å²) in [6.07, 6.45) is 8.97. The third-order valence-electron chi connectivity index (χ3n) is 7.69. The zero-order chi connectivity index (χ0) is 25.7. The van der Waals surface area contributed by atoms with Crippen molar-refractivity contribution in [3.8, 4) is 11.5 Å². The number of hydrogen-bond acceptors (Lipinski definition) is 5. The normalized spacial score (nSPS) is 21.9. The van der Waals surface area contributed by atoms with Crippen LogP contribution in [0.1, 0.15) is 94.6 Å². The molecular weight excluding hydrogens is 456 g/mol. The molecule has 0 bridgehead atoms. The number of aromatic nitrogens is 1. The number of oxazole rings is 1. The minimum atomic E-state index is -0.993. The highest BCUT2D eigenvalue weighted by Gasteiger charge is 2.32. The Morgan fingerprint density at radius 3 is 2.47 bits per heavy atom. The van der Waals surface area contributed by atoms with Gasteiger partial charge in [-0.25, -0.2) is 9.78 Å². The molecule has 196 valence electrons. The fourth-order valence-electron chi connectivity index (χ4n) is 5.49. The van der Waals surface area contributed by atoms with Crippen LogP contribution in [0.3, 0.4) is 0 Å². The molecule has 1 amide bonds. The molecule has 2 fully saturated rings. The number of nitrogens with zero attached hydrogens (tertiary/aromatic N) is 1. The van der Waals surface area contributed by atoms with E-state index in [2.05, 4.69) is 24.4 Å². The summed E-state index contributed by atoms with van der Waals surface area (Å²) >= 11 is 0. The number of nitrogens with one attached hydrogen (secondary N) is 1. The summed E-state index contributed by atoms with van der Waals surface area (Å²) in [4.78, 5) is 29.2. The maximum absolute atomic E-state index is 12.8. The zero-order valence-electron chi connectivity index (χ0n) is 21.8. The summed E-state index contributed by atoms with van der Waals surface area (Å²) in [6, 6.07) is 7.35. The van der Waals surface area contributed by atoms with Crippen molar-refractivity contribution in [3.05, 3.63) is 41.3 Å². The van der Waals surface area contributed by atoms with E-state index in [1.54, 1.807) is 13.8 Å². The van der Waals surface area contributed by atoms with E-state index in [9.17, 15) is 14.7 Å². The van der Waals surface area contributed by atoms with E-state index >= 15 is 0 Å². The van der Waals surface area contributed by atoms with Crippen molar-refractivity contribution in [3.63, 3.8) is 0 Å². The van der Waals surface area contributed by atoms with Gasteiger partial charge in [-0.15, -0.1) is 0 Å². The van der Waals surface area contributed by atoms with Gasteiger partial charge in [0.1, 0.15) is 17.5 Å². The van der Waals surface area contributed by atoms with Gasteiger partial charge in [0.2, 0.25) is 11.8 Å². The molecule has 1 aromatic carbocycles. The molecule has 0 saturated heterocycles. The van der Waals surface area contributed by atoms with Gasteiger partial charge in [0, 0.05) is 17.4 Å². The Morgan fingerprint density at radius 2 is 1.81 bits per heavy atom. The number of rotatable bonds is 9. The Kier molecular flexibility index (Phi) is 8.83. The van der Waals surface area contributed by atoms with Crippen LogP contribution in [0.5, 0.6) is 0 Å². The van der Waals surface area contributed by atoms with Crippen LogP contribution in [0, 0.1) is 18.8 Å². The van der Waals surface area contributed by atoms with Crippen molar-refractivity contribution < 1.29 is 23.8 Å². The standard InChI is InChI=1S/C29H40N2O5/c1-18(2)25(29(33)34)31-27(32)22-10-7-11-23(16-22)35-17-24-26(20-8-5-4-6-9-20)36-28(30-24)21-14-12-19(3)13-15-21/h12-15,18,20,22-23,25H,4-11,16-17H2,1-3H3,(H,31,32)(H,33,34)/t22?,23?,25-/m0/s1. The van der Waals surface area contributed by atoms with Gasteiger partial charge in [-0.1, -0.05) is 57.2 Å². The zero-order valence-corrected chi connectivity index (χ0v) is 21.8. The summed E-state index contributed by atoms with van der Waals surface area (Å²) in [7, 11) is 0. The number of carboxylic acid groups (broad SMARTS) is 1. The molecule has 7 nitrogen and oxygen atoms in total. The predicted molar refractivity (Wildman–Crippen MR) is 137 cm³/mol. The lowest BCUT2D eigenvalue weighted by Crippen LogP contribution is -2.47. The van der Waals surface area contributed by atoms with Gasteiger partial charge >= 0.3 is 5.97 Å². The van der Waals surface area contributed by atoms with Crippen LogP contribution in [0.25, 0.3) is 11.5 Å². The fourth-order valence-corrected chi connectivity index (χ4v) is 5.49. The van der Waals surface area contributed by atoms with E-state index in [0.717, 1.165) is 49.1 Å². The maximum atomic E-state index is 12.8. The van der Waals surface area contributed by atoms with E-state index in [-0.39, 0.29) is 23.8 Å². The van der Waals surface area contributed by atoms with Gasteiger partial charge in [-0.2, -0.15) is 0 Å². The fraction of sp³-hybridized carbons (Fsp3) is 0.621. The first-order chi connectivity index (χ1) is 17.3. The second-order valence-corrected chi connectivity index (χ2v) is 10.9. The van der Waals surface area contributed by atoms with Crippen LogP contribution in [0.4, 0.5) is 0 Å². The number of aliphatic carboxylic acids is 1. The van der Waals surface area contributed by atoms with Crippen LogP contribution >= 0.6 is 0 Å². The number of ether oxygens (including phenoxy) is 1. The van der Waals surface area contributed by atoms with E-state index < -0.39 is 12.0 Å². The van der Waals surface area contributed by atoms with Crippen LogP contribution in [0.15, 0.2) is 28.7 Å². The van der Waals surface area contributed by atoms with Crippen LogP contribution in [0.2, 0.25) is 0 Å². The Hall–Kier alpha value is -2.67. The van der Waals surface area contributed by atoms with Crippen molar-refractivity contribution >= 4 is 11.9 Å². The molecule has 1 heterocycles. The van der Waals surface area contributed by atoms with Crippen molar-refractivity contribution in [2.75, 3.05) is 0 Å². The molecule has 4 rings (SSSR count). The highest BCUT2D eigenvalue weighted by Crippen LogP contribution is 2.37. The summed E-state index contributed by atoms with van der Waals surface area (Å²) in [6.45, 7) is 6.04. The van der Waals surface area contributed by atoms with Crippen molar-refractivity contribution in [1.82, 2.24) is 10.3 Å². The molecule has 7 heteroatoms. The first-order valence-electron chi connectivity index (χ1n) is 13.5. The van der Waals surface area contributed by atoms with Crippen molar-refractivity contribution in [1.29, 1.82) is 0 Å². The second kappa shape index (κ2) is 12.0. The number of amides is 1. The highest BCUT2D eigenvalue weighted by molar-refractivity contribution is 5.85. The Balaban J connectivity index is 1.43. The van der Waals surface area contributed by atoms with E-state index in [4.69, 9.17) is 14.1 Å². The summed E-state index contributed by atoms with van der Waals surface area (Å²) in [5, 5.41) is 12.2. The Bertz CT molecular complexity index is 1020. The number of hydrogen-bond donors (Lipinski definition) is 2. The number of carbonyl (C=O) groups is 2. The Labute approximate surface area is 214 Å². The molecule has 2 aromatic rings. The predicted octanol–water partition coefficient (Wildman–Crippen LogP) is 6.00. The second-order valence-electron chi connectivity index (χ2n) is 10.9. The van der Waals surface area contributed by atoms with Crippen molar-refractivity contribution in [2.45, 2.75) is 103 Å². The molecule has 0 radical (unpaired) electrons. The lowest BCUT2D eigenvalue weighted by atomic mass is 9.86. The van der Waals surface area contributed by atoms with Gasteiger partial charge in [0.25, 0.3) is 0 Å². The summed E-state index contributed by atoms with van der Waals surface area (Å²) < 4.78 is 12.7. The molecule has 2 N–H and O–H groups in total. The van der Waals surface area contributed by atoms with Crippen LogP contribution < -0.4 is 5.32 Å². The molecule has 2 unspecified atom stereocenters. The van der Waals surface area contributed by atoms with Gasteiger partial charge in [0.15, 0.2) is 0 Å². The first-order valence-corrected chi connectivity index (χ1v) is 13.5. The number of aryl methyl sites for hydroxylation is 1. The minimum Gasteiger partial charge on any atom is -0.480 e. The molecule has 2 saturated carbocycles. The summed E-state index contributed by atoms with van der Waals surface area (Å²) in [5.74, 6) is 0.388. The monoisotopic (exact) mass is 496 g/mol. The largest absolute Gasteiger partial charge is 0.480 e. The topological polar surface area (TPSA) is 102 Å². The molecule has 1 aromatic heterocycles. The lowest BCUT2D eigenvalue weighted by Gasteiger charge is -2.30. The number of benzene rings is 1. The molecule has 2 aliphatic carbocycles. The average molecular weight is 497 g/mol. The quantitative estimate of drug-likeness (QED) is 0.442. The van der Waals surface area contributed by atoms with Crippen LogP contribution in [-0.2, 0) is 20.9 Å². The number of carbonyl (C=O) groups excluding carboxylic acids is 1. The average Bonchev–Trinajstić information content (AvgIpc) is 3.31. The molecule has 0 spiro atoms. The Morgan fingerprint density at radius 1 is 1.08 bits per heavy atom. The molecule has 0 aliphatic heterocycles. The minimum absolute atomic E-state index is 0.0597. The molecular formula is C29H40N2O5. The van der Waals surface area contributed by atoms with E-state index in [1.165, 1.54) is 24.8 Å². The van der Waals surface area contributed by atoms with Crippen LogP contribution in [-0.4, -0.2) is 34.1 Å². The van der Waals surface area contributed by atoms with Gasteiger partial charge in [0.05, 0.1) is 12.7 Å². The number of carboxylic acids is 1. The van der Waals surface area contributed by atoms with Crippen molar-refractivity contribution in [2.24, 2.45) is 11.8 Å². The molecule has 36 heavy (non-hydrogen) atoms. The maximum Gasteiger partial charge on any atom is 0.326 e. The van der Waals surface area contributed by atoms with Gasteiger partial charge in [-0.05, 0) is 57.1 Å². The first kappa shape index (κ1) is 26.4. The van der Waals surface area contributed by atoms with Gasteiger partial charge in [-0.3, -0.25) is 4.79 Å². The molecule has 3 atom stereocenters.